The first-order chi connectivity index (χ1) is 11.6. The molecular weight excluding hydrogens is 351 g/mol. The third kappa shape index (κ3) is 5.79. The lowest BCUT2D eigenvalue weighted by Crippen LogP contribution is -2.15. The molecule has 0 spiro atoms. The van der Waals surface area contributed by atoms with Crippen LogP contribution in [0.2, 0.25) is 0 Å². The number of carbonyl (C=O) groups is 1. The predicted octanol–water partition coefficient (Wildman–Crippen LogP) is 2.43. The molecular formula is C16H17FN2O5S. The van der Waals surface area contributed by atoms with Crippen molar-refractivity contribution in [3.63, 3.8) is 0 Å². The molecule has 25 heavy (non-hydrogen) atoms. The minimum absolute atomic E-state index is 0.120. The zero-order valence-electron chi connectivity index (χ0n) is 13.9. The van der Waals surface area contributed by atoms with Gasteiger partial charge < -0.3 is 8.92 Å². The molecule has 0 amide bonds. The van der Waals surface area contributed by atoms with Crippen LogP contribution in [0.25, 0.3) is 11.3 Å². The van der Waals surface area contributed by atoms with Crippen molar-refractivity contribution in [1.29, 1.82) is 0 Å². The average molecular weight is 368 g/mol. The van der Waals surface area contributed by atoms with Crippen LogP contribution in [-0.4, -0.2) is 37.2 Å². The van der Waals surface area contributed by atoms with Crippen LogP contribution < -0.4 is 4.18 Å². The van der Waals surface area contributed by atoms with Gasteiger partial charge >= 0.3 is 22.1 Å². The molecule has 2 aromatic rings. The van der Waals surface area contributed by atoms with Crippen molar-refractivity contribution >= 4 is 16.1 Å². The topological polar surface area (TPSA) is 95.5 Å². The van der Waals surface area contributed by atoms with E-state index >= 15 is 0 Å². The summed E-state index contributed by atoms with van der Waals surface area (Å²) in [4.78, 5) is 19.9. The van der Waals surface area contributed by atoms with Crippen LogP contribution in [-0.2, 0) is 14.9 Å². The van der Waals surface area contributed by atoms with Crippen molar-refractivity contribution in [2.45, 2.75) is 13.8 Å². The van der Waals surface area contributed by atoms with Crippen LogP contribution in [0.5, 0.6) is 6.01 Å². The number of rotatable bonds is 6. The number of esters is 1. The molecule has 0 fully saturated rings. The Morgan fingerprint density at radius 1 is 1.20 bits per heavy atom. The van der Waals surface area contributed by atoms with Gasteiger partial charge in [0, 0.05) is 5.56 Å². The second-order valence-corrected chi connectivity index (χ2v) is 7.28. The zero-order chi connectivity index (χ0) is 18.6. The van der Waals surface area contributed by atoms with Gasteiger partial charge in [0.25, 0.3) is 0 Å². The standard InChI is InChI=1S/C16H17FN2O5S/c1-10(2)9-23-15(20)14-8-13(11-4-6-12(17)7-5-11)18-16(19-14)24-25(3,21)22/h4-8,10H,9H2,1-3H3. The summed E-state index contributed by atoms with van der Waals surface area (Å²) in [6, 6.07) is 6.11. The van der Waals surface area contributed by atoms with Crippen LogP contribution in [0.15, 0.2) is 30.3 Å². The molecule has 2 rings (SSSR count). The van der Waals surface area contributed by atoms with Gasteiger partial charge in [0.05, 0.1) is 18.6 Å². The lowest BCUT2D eigenvalue weighted by atomic mass is 10.1. The Morgan fingerprint density at radius 3 is 2.40 bits per heavy atom. The second-order valence-electron chi connectivity index (χ2n) is 5.71. The zero-order valence-corrected chi connectivity index (χ0v) is 14.7. The van der Waals surface area contributed by atoms with Gasteiger partial charge in [0.15, 0.2) is 5.69 Å². The van der Waals surface area contributed by atoms with E-state index in [1.54, 1.807) is 0 Å². The summed E-state index contributed by atoms with van der Waals surface area (Å²) in [6.07, 6.45) is 0.831. The monoisotopic (exact) mass is 368 g/mol. The Morgan fingerprint density at radius 2 is 1.84 bits per heavy atom. The number of hydrogen-bond acceptors (Lipinski definition) is 7. The quantitative estimate of drug-likeness (QED) is 0.571. The molecule has 0 unspecified atom stereocenters. The molecule has 134 valence electrons. The van der Waals surface area contributed by atoms with Crippen molar-refractivity contribution < 1.29 is 26.5 Å². The van der Waals surface area contributed by atoms with Crippen molar-refractivity contribution in [2.75, 3.05) is 12.9 Å². The SMILES string of the molecule is CC(C)COC(=O)c1cc(-c2ccc(F)cc2)nc(OS(C)(=O)=O)n1. The second kappa shape index (κ2) is 7.56. The molecule has 0 aliphatic carbocycles. The highest BCUT2D eigenvalue weighted by Gasteiger charge is 2.18. The van der Waals surface area contributed by atoms with Crippen molar-refractivity contribution in [1.82, 2.24) is 9.97 Å². The Kier molecular flexibility index (Phi) is 5.68. The number of nitrogens with zero attached hydrogens (tertiary/aromatic N) is 2. The summed E-state index contributed by atoms with van der Waals surface area (Å²) in [5.41, 5.74) is 0.499. The van der Waals surface area contributed by atoms with Gasteiger partial charge in [-0.15, -0.1) is 0 Å². The van der Waals surface area contributed by atoms with E-state index < -0.39 is 27.9 Å². The highest BCUT2D eigenvalue weighted by molar-refractivity contribution is 7.86. The largest absolute Gasteiger partial charge is 0.461 e. The molecule has 0 atom stereocenters. The summed E-state index contributed by atoms with van der Waals surface area (Å²) in [6.45, 7) is 3.92. The lowest BCUT2D eigenvalue weighted by Gasteiger charge is -2.09. The number of halogens is 1. The molecule has 0 saturated carbocycles. The Labute approximate surface area is 145 Å². The molecule has 1 heterocycles. The number of aromatic nitrogens is 2. The summed E-state index contributed by atoms with van der Waals surface area (Å²) in [5, 5.41) is 0. The first-order valence-corrected chi connectivity index (χ1v) is 9.17. The number of hydrogen-bond donors (Lipinski definition) is 0. The van der Waals surface area contributed by atoms with Crippen LogP contribution in [0.3, 0.4) is 0 Å². The Hall–Kier alpha value is -2.55. The van der Waals surface area contributed by atoms with Crippen LogP contribution in [0, 0.1) is 11.7 Å². The van der Waals surface area contributed by atoms with Gasteiger partial charge in [-0.05, 0) is 36.2 Å². The normalized spacial score (nSPS) is 11.4. The van der Waals surface area contributed by atoms with Crippen molar-refractivity contribution in [2.24, 2.45) is 5.92 Å². The number of carbonyl (C=O) groups excluding carboxylic acids is 1. The van der Waals surface area contributed by atoms with E-state index in [9.17, 15) is 17.6 Å². The fraction of sp³-hybridized carbons (Fsp3) is 0.312. The molecule has 7 nitrogen and oxygen atoms in total. The highest BCUT2D eigenvalue weighted by Crippen LogP contribution is 2.21. The van der Waals surface area contributed by atoms with E-state index in [1.165, 1.54) is 30.3 Å². The molecule has 0 N–H and O–H groups in total. The summed E-state index contributed by atoms with van der Waals surface area (Å²) in [5.74, 6) is -1.06. The van der Waals surface area contributed by atoms with E-state index in [-0.39, 0.29) is 23.9 Å². The van der Waals surface area contributed by atoms with E-state index in [0.717, 1.165) is 6.26 Å². The average Bonchev–Trinajstić information content (AvgIpc) is 2.51. The molecule has 0 radical (unpaired) electrons. The summed E-state index contributed by atoms with van der Waals surface area (Å²) >= 11 is 0. The fourth-order valence-corrected chi connectivity index (χ4v) is 2.13. The highest BCUT2D eigenvalue weighted by atomic mass is 32.2. The summed E-state index contributed by atoms with van der Waals surface area (Å²) in [7, 11) is -3.89. The Balaban J connectivity index is 2.44. The van der Waals surface area contributed by atoms with Gasteiger partial charge in [-0.25, -0.2) is 9.18 Å². The predicted molar refractivity (Wildman–Crippen MR) is 88.0 cm³/mol. The third-order valence-electron chi connectivity index (χ3n) is 2.83. The van der Waals surface area contributed by atoms with Crippen LogP contribution in [0.1, 0.15) is 24.3 Å². The summed E-state index contributed by atoms with van der Waals surface area (Å²) < 4.78 is 45.5. The molecule has 0 bridgehead atoms. The smallest absolute Gasteiger partial charge is 0.357 e. The molecule has 0 aliphatic rings. The van der Waals surface area contributed by atoms with Gasteiger partial charge in [-0.2, -0.15) is 18.4 Å². The van der Waals surface area contributed by atoms with E-state index in [2.05, 4.69) is 14.2 Å². The van der Waals surface area contributed by atoms with E-state index in [0.29, 0.717) is 5.56 Å². The molecule has 0 aliphatic heterocycles. The maximum Gasteiger partial charge on any atom is 0.357 e. The fourth-order valence-electron chi connectivity index (χ4n) is 1.79. The molecule has 1 aromatic carbocycles. The minimum atomic E-state index is -3.89. The first kappa shape index (κ1) is 18.8. The van der Waals surface area contributed by atoms with E-state index in [1.807, 2.05) is 13.8 Å². The molecule has 1 aromatic heterocycles. The maximum absolute atomic E-state index is 13.1. The van der Waals surface area contributed by atoms with Gasteiger partial charge in [0.1, 0.15) is 5.82 Å². The third-order valence-corrected chi connectivity index (χ3v) is 3.28. The van der Waals surface area contributed by atoms with Gasteiger partial charge in [-0.1, -0.05) is 13.8 Å². The minimum Gasteiger partial charge on any atom is -0.461 e. The molecule has 0 saturated heterocycles. The lowest BCUT2D eigenvalue weighted by molar-refractivity contribution is 0.0451. The van der Waals surface area contributed by atoms with Crippen molar-refractivity contribution in [3.05, 3.63) is 41.8 Å². The van der Waals surface area contributed by atoms with Gasteiger partial charge in [-0.3, -0.25) is 0 Å². The molecule has 9 heteroatoms. The van der Waals surface area contributed by atoms with E-state index in [4.69, 9.17) is 4.74 Å². The number of ether oxygens (including phenoxy) is 1. The Bertz CT molecular complexity index is 867. The number of benzene rings is 1. The van der Waals surface area contributed by atoms with Crippen LogP contribution in [0.4, 0.5) is 4.39 Å². The van der Waals surface area contributed by atoms with Crippen LogP contribution >= 0.6 is 0 Å². The van der Waals surface area contributed by atoms with Crippen molar-refractivity contribution in [3.8, 4) is 17.3 Å². The first-order valence-electron chi connectivity index (χ1n) is 7.35. The van der Waals surface area contributed by atoms with Gasteiger partial charge in [0.2, 0.25) is 0 Å². The maximum atomic E-state index is 13.1.